The Balaban J connectivity index is 1.56. The summed E-state index contributed by atoms with van der Waals surface area (Å²) in [5.74, 6) is 1.71. The molecular formula is C20H20N6O2. The average Bonchev–Trinajstić information content (AvgIpc) is 3.26. The van der Waals surface area contributed by atoms with Gasteiger partial charge in [-0.25, -0.2) is 4.98 Å². The summed E-state index contributed by atoms with van der Waals surface area (Å²) in [6, 6.07) is 4.11. The van der Waals surface area contributed by atoms with Crippen molar-refractivity contribution in [3.63, 3.8) is 0 Å². The standard InChI is InChI=1S/C20H20N6O2/c1-12-16(20(27)26-10-13(7-22)11-26)9-24-18(12)17(2-4-21)28-15-6-14-3-5-23-19(14)25-8-15/h2,4,6,8-9,13,21,24H,3,5,10-11H2,1H3,(H,23,25)/b17-2+,21-4?. The number of fused-ring (bicyclic) bond motifs is 1. The van der Waals surface area contributed by atoms with Gasteiger partial charge in [0.25, 0.3) is 5.91 Å². The summed E-state index contributed by atoms with van der Waals surface area (Å²) in [7, 11) is 0. The second kappa shape index (κ2) is 7.19. The zero-order valence-corrected chi connectivity index (χ0v) is 15.5. The van der Waals surface area contributed by atoms with Crippen LogP contribution in [-0.4, -0.2) is 46.6 Å². The smallest absolute Gasteiger partial charge is 0.255 e. The largest absolute Gasteiger partial charge is 0.453 e. The number of allylic oxidation sites excluding steroid dienone is 1. The summed E-state index contributed by atoms with van der Waals surface area (Å²) >= 11 is 0. The third-order valence-corrected chi connectivity index (χ3v) is 5.06. The molecule has 3 N–H and O–H groups in total. The van der Waals surface area contributed by atoms with E-state index in [2.05, 4.69) is 21.4 Å². The lowest BCUT2D eigenvalue weighted by Gasteiger charge is -2.35. The third kappa shape index (κ3) is 3.11. The topological polar surface area (TPSA) is 118 Å². The number of anilines is 1. The van der Waals surface area contributed by atoms with Crippen LogP contribution in [0.2, 0.25) is 0 Å². The first-order valence-electron chi connectivity index (χ1n) is 9.09. The highest BCUT2D eigenvalue weighted by Gasteiger charge is 2.32. The van der Waals surface area contributed by atoms with Gasteiger partial charge in [-0.2, -0.15) is 5.26 Å². The number of nitriles is 1. The van der Waals surface area contributed by atoms with Crippen LogP contribution in [0, 0.1) is 29.6 Å². The fraction of sp³-hybridized carbons (Fsp3) is 0.300. The molecule has 0 saturated carbocycles. The Morgan fingerprint density at radius 3 is 3.07 bits per heavy atom. The van der Waals surface area contributed by atoms with E-state index >= 15 is 0 Å². The number of rotatable bonds is 5. The fourth-order valence-corrected chi connectivity index (χ4v) is 3.45. The number of aromatic amines is 1. The molecule has 0 radical (unpaired) electrons. The van der Waals surface area contributed by atoms with Gasteiger partial charge in [-0.1, -0.05) is 0 Å². The van der Waals surface area contributed by atoms with Crippen LogP contribution in [0.4, 0.5) is 5.82 Å². The molecule has 2 aliphatic heterocycles. The zero-order chi connectivity index (χ0) is 19.7. The van der Waals surface area contributed by atoms with Crippen molar-refractivity contribution in [3.8, 4) is 11.8 Å². The first kappa shape index (κ1) is 17.8. The number of pyridine rings is 1. The summed E-state index contributed by atoms with van der Waals surface area (Å²) in [6.45, 7) is 3.62. The van der Waals surface area contributed by atoms with E-state index in [0.717, 1.165) is 36.1 Å². The molecule has 8 nitrogen and oxygen atoms in total. The maximum atomic E-state index is 12.7. The number of carbonyl (C=O) groups excluding carboxylic acids is 1. The van der Waals surface area contributed by atoms with E-state index in [4.69, 9.17) is 15.4 Å². The first-order valence-corrected chi connectivity index (χ1v) is 9.09. The van der Waals surface area contributed by atoms with Gasteiger partial charge in [0.2, 0.25) is 0 Å². The second-order valence-corrected chi connectivity index (χ2v) is 6.89. The van der Waals surface area contributed by atoms with E-state index in [1.54, 1.807) is 17.3 Å². The number of likely N-dealkylation sites (tertiary alicyclic amines) is 1. The summed E-state index contributed by atoms with van der Waals surface area (Å²) in [5, 5.41) is 19.6. The van der Waals surface area contributed by atoms with Crippen LogP contribution < -0.4 is 10.1 Å². The lowest BCUT2D eigenvalue weighted by atomic mass is 10.00. The predicted octanol–water partition coefficient (Wildman–Crippen LogP) is 2.35. The molecule has 2 aromatic heterocycles. The number of nitrogens with zero attached hydrogens (tertiary/aromatic N) is 3. The van der Waals surface area contributed by atoms with Gasteiger partial charge in [-0.15, -0.1) is 0 Å². The molecule has 1 fully saturated rings. The van der Waals surface area contributed by atoms with E-state index in [1.807, 2.05) is 13.0 Å². The Kier molecular flexibility index (Phi) is 4.57. The Bertz CT molecular complexity index is 1010. The summed E-state index contributed by atoms with van der Waals surface area (Å²) in [4.78, 5) is 21.8. The van der Waals surface area contributed by atoms with E-state index in [-0.39, 0.29) is 11.8 Å². The molecule has 0 atom stereocenters. The van der Waals surface area contributed by atoms with Crippen LogP contribution in [0.15, 0.2) is 24.5 Å². The SMILES string of the molecule is Cc1c(C(=O)N2CC(C#N)C2)c[nH]c1/C(=C\C=N)Oc1cnc2c(c1)CCN2. The van der Waals surface area contributed by atoms with Crippen molar-refractivity contribution >= 4 is 23.7 Å². The zero-order valence-electron chi connectivity index (χ0n) is 15.5. The maximum absolute atomic E-state index is 12.7. The van der Waals surface area contributed by atoms with E-state index < -0.39 is 0 Å². The van der Waals surface area contributed by atoms with Crippen LogP contribution in [0.5, 0.6) is 5.75 Å². The minimum absolute atomic E-state index is 0.0822. The number of amides is 1. The third-order valence-electron chi connectivity index (χ3n) is 5.06. The molecule has 0 aliphatic carbocycles. The molecule has 1 amide bonds. The highest BCUT2D eigenvalue weighted by atomic mass is 16.5. The second-order valence-electron chi connectivity index (χ2n) is 6.89. The number of H-pyrrole nitrogens is 1. The molecule has 0 aromatic carbocycles. The quantitative estimate of drug-likeness (QED) is 0.547. The molecule has 0 unspecified atom stereocenters. The molecule has 0 spiro atoms. The van der Waals surface area contributed by atoms with Crippen molar-refractivity contribution < 1.29 is 9.53 Å². The summed E-state index contributed by atoms with van der Waals surface area (Å²) in [5.41, 5.74) is 3.02. The molecule has 2 aromatic rings. The molecule has 1 saturated heterocycles. The van der Waals surface area contributed by atoms with Gasteiger partial charge in [0.05, 0.1) is 29.4 Å². The molecule has 142 valence electrons. The van der Waals surface area contributed by atoms with Gasteiger partial charge >= 0.3 is 0 Å². The van der Waals surface area contributed by atoms with Crippen molar-refractivity contribution in [1.82, 2.24) is 14.9 Å². The van der Waals surface area contributed by atoms with E-state index in [0.29, 0.717) is 35.9 Å². The number of aromatic nitrogens is 2. The maximum Gasteiger partial charge on any atom is 0.255 e. The van der Waals surface area contributed by atoms with Gasteiger partial charge in [-0.3, -0.25) is 4.79 Å². The average molecular weight is 376 g/mol. The monoisotopic (exact) mass is 376 g/mol. The Labute approximate surface area is 162 Å². The molecule has 0 bridgehead atoms. The van der Waals surface area contributed by atoms with E-state index in [9.17, 15) is 4.79 Å². The molecule has 4 heterocycles. The Morgan fingerprint density at radius 1 is 1.50 bits per heavy atom. The minimum atomic E-state index is -0.106. The van der Waals surface area contributed by atoms with Crippen molar-refractivity contribution in [3.05, 3.63) is 46.9 Å². The minimum Gasteiger partial charge on any atom is -0.453 e. The lowest BCUT2D eigenvalue weighted by Crippen LogP contribution is -2.49. The van der Waals surface area contributed by atoms with Crippen molar-refractivity contribution in [2.45, 2.75) is 13.3 Å². The molecule has 28 heavy (non-hydrogen) atoms. The van der Waals surface area contributed by atoms with Gasteiger partial charge < -0.3 is 25.3 Å². The van der Waals surface area contributed by atoms with Gasteiger partial charge in [-0.05, 0) is 30.5 Å². The summed E-state index contributed by atoms with van der Waals surface area (Å²) in [6.07, 6.45) is 6.86. The predicted molar refractivity (Wildman–Crippen MR) is 104 cm³/mol. The Morgan fingerprint density at radius 2 is 2.32 bits per heavy atom. The molecule has 4 rings (SSSR count). The number of nitrogens with one attached hydrogen (secondary N) is 3. The normalized spacial score (nSPS) is 16.0. The van der Waals surface area contributed by atoms with Crippen LogP contribution in [-0.2, 0) is 6.42 Å². The van der Waals surface area contributed by atoms with Crippen molar-refractivity contribution in [2.75, 3.05) is 25.0 Å². The highest BCUT2D eigenvalue weighted by molar-refractivity contribution is 5.97. The van der Waals surface area contributed by atoms with E-state index in [1.165, 1.54) is 6.08 Å². The van der Waals surface area contributed by atoms with Crippen LogP contribution >= 0.6 is 0 Å². The van der Waals surface area contributed by atoms with Crippen LogP contribution in [0.3, 0.4) is 0 Å². The van der Waals surface area contributed by atoms with Crippen LogP contribution in [0.25, 0.3) is 5.76 Å². The molecular weight excluding hydrogens is 356 g/mol. The number of ether oxygens (including phenoxy) is 1. The number of hydrogen-bond acceptors (Lipinski definition) is 6. The van der Waals surface area contributed by atoms with Crippen molar-refractivity contribution in [2.24, 2.45) is 5.92 Å². The van der Waals surface area contributed by atoms with Gasteiger partial charge in [0.1, 0.15) is 11.6 Å². The van der Waals surface area contributed by atoms with Crippen LogP contribution in [0.1, 0.15) is 27.2 Å². The fourth-order valence-electron chi connectivity index (χ4n) is 3.45. The lowest BCUT2D eigenvalue weighted by molar-refractivity contribution is 0.0577. The number of hydrogen-bond donors (Lipinski definition) is 3. The van der Waals surface area contributed by atoms with Gasteiger partial charge in [0, 0.05) is 38.1 Å². The highest BCUT2D eigenvalue weighted by Crippen LogP contribution is 2.29. The van der Waals surface area contributed by atoms with Crippen molar-refractivity contribution in [1.29, 1.82) is 10.7 Å². The molecule has 8 heteroatoms. The summed E-state index contributed by atoms with van der Waals surface area (Å²) < 4.78 is 6.00. The number of carbonyl (C=O) groups is 1. The Hall–Kier alpha value is -3.60. The first-order chi connectivity index (χ1) is 13.6. The van der Waals surface area contributed by atoms with Gasteiger partial charge in [0.15, 0.2) is 5.76 Å². The molecule has 2 aliphatic rings.